The van der Waals surface area contributed by atoms with E-state index in [1.165, 1.54) is 13.0 Å². The number of nitrogens with zero attached hydrogens (tertiary/aromatic N) is 1. The molecule has 1 fully saturated rings. The molecule has 4 heteroatoms. The maximum absolute atomic E-state index is 12.1. The number of carbonyl (C=O) groups is 1. The largest absolute Gasteiger partial charge is 0.349 e. The molecule has 0 spiro atoms. The smallest absolute Gasteiger partial charge is 0.251 e. The predicted octanol–water partition coefficient (Wildman–Crippen LogP) is 3.05. The van der Waals surface area contributed by atoms with Crippen molar-refractivity contribution in [3.05, 3.63) is 34.3 Å². The van der Waals surface area contributed by atoms with Crippen LogP contribution in [0.25, 0.3) is 0 Å². The number of hydrogen-bond acceptors (Lipinski definition) is 2. The number of halogens is 1. The van der Waals surface area contributed by atoms with Gasteiger partial charge in [-0.05, 0) is 44.0 Å². The summed E-state index contributed by atoms with van der Waals surface area (Å²) in [6, 6.07) is 7.86. The SMILES string of the molecule is CCCN1CCC(NC(=O)c2cccc(Br)c2)CC1. The van der Waals surface area contributed by atoms with Crippen molar-refractivity contribution in [1.29, 1.82) is 0 Å². The van der Waals surface area contributed by atoms with Crippen LogP contribution in [0.2, 0.25) is 0 Å². The van der Waals surface area contributed by atoms with Crippen LogP contribution in [0.15, 0.2) is 28.7 Å². The molecule has 1 saturated heterocycles. The van der Waals surface area contributed by atoms with Crippen molar-refractivity contribution in [2.45, 2.75) is 32.2 Å². The topological polar surface area (TPSA) is 32.3 Å². The van der Waals surface area contributed by atoms with E-state index >= 15 is 0 Å². The number of nitrogens with one attached hydrogen (secondary N) is 1. The molecule has 1 heterocycles. The van der Waals surface area contributed by atoms with Crippen molar-refractivity contribution in [3.8, 4) is 0 Å². The van der Waals surface area contributed by atoms with E-state index in [4.69, 9.17) is 0 Å². The first-order chi connectivity index (χ1) is 9.19. The van der Waals surface area contributed by atoms with Gasteiger partial charge in [-0.1, -0.05) is 28.9 Å². The Morgan fingerprint density at radius 3 is 2.79 bits per heavy atom. The summed E-state index contributed by atoms with van der Waals surface area (Å²) in [7, 11) is 0. The van der Waals surface area contributed by atoms with E-state index < -0.39 is 0 Å². The van der Waals surface area contributed by atoms with Crippen molar-refractivity contribution in [3.63, 3.8) is 0 Å². The molecule has 0 radical (unpaired) electrons. The number of benzene rings is 1. The minimum Gasteiger partial charge on any atom is -0.349 e. The number of carbonyl (C=O) groups excluding carboxylic acids is 1. The fourth-order valence-corrected chi connectivity index (χ4v) is 2.91. The van der Waals surface area contributed by atoms with Crippen molar-refractivity contribution < 1.29 is 4.79 Å². The van der Waals surface area contributed by atoms with Gasteiger partial charge in [0.15, 0.2) is 0 Å². The number of hydrogen-bond donors (Lipinski definition) is 1. The van der Waals surface area contributed by atoms with Gasteiger partial charge in [-0.3, -0.25) is 4.79 Å². The van der Waals surface area contributed by atoms with Crippen molar-refractivity contribution in [2.24, 2.45) is 0 Å². The molecule has 1 amide bonds. The zero-order valence-corrected chi connectivity index (χ0v) is 12.9. The zero-order chi connectivity index (χ0) is 13.7. The van der Waals surface area contributed by atoms with Gasteiger partial charge in [-0.15, -0.1) is 0 Å². The zero-order valence-electron chi connectivity index (χ0n) is 11.4. The van der Waals surface area contributed by atoms with Crippen LogP contribution >= 0.6 is 15.9 Å². The number of rotatable bonds is 4. The molecule has 1 aromatic carbocycles. The first-order valence-corrected chi connectivity index (χ1v) is 7.77. The lowest BCUT2D eigenvalue weighted by atomic mass is 10.0. The van der Waals surface area contributed by atoms with Crippen molar-refractivity contribution in [1.82, 2.24) is 10.2 Å². The van der Waals surface area contributed by atoms with Crippen LogP contribution < -0.4 is 5.32 Å². The van der Waals surface area contributed by atoms with E-state index in [0.717, 1.165) is 36.0 Å². The lowest BCUT2D eigenvalue weighted by molar-refractivity contribution is 0.0911. The van der Waals surface area contributed by atoms with E-state index in [1.54, 1.807) is 0 Å². The molecule has 19 heavy (non-hydrogen) atoms. The molecule has 0 unspecified atom stereocenters. The van der Waals surface area contributed by atoms with Gasteiger partial charge in [0.25, 0.3) is 5.91 Å². The molecule has 0 bridgehead atoms. The Hall–Kier alpha value is -0.870. The maximum Gasteiger partial charge on any atom is 0.251 e. The third-order valence-electron chi connectivity index (χ3n) is 3.55. The van der Waals surface area contributed by atoms with E-state index in [-0.39, 0.29) is 5.91 Å². The maximum atomic E-state index is 12.1. The first kappa shape index (κ1) is 14.5. The number of likely N-dealkylation sites (tertiary alicyclic amines) is 1. The van der Waals surface area contributed by atoms with Gasteiger partial charge in [-0.2, -0.15) is 0 Å². The van der Waals surface area contributed by atoms with E-state index in [0.29, 0.717) is 6.04 Å². The minimum absolute atomic E-state index is 0.0373. The summed E-state index contributed by atoms with van der Waals surface area (Å²) in [5.41, 5.74) is 0.727. The van der Waals surface area contributed by atoms with Gasteiger partial charge in [0.1, 0.15) is 0 Å². The fraction of sp³-hybridized carbons (Fsp3) is 0.533. The molecule has 1 aromatic rings. The highest BCUT2D eigenvalue weighted by Crippen LogP contribution is 2.14. The highest BCUT2D eigenvalue weighted by molar-refractivity contribution is 9.10. The fourth-order valence-electron chi connectivity index (χ4n) is 2.52. The van der Waals surface area contributed by atoms with Gasteiger partial charge in [0, 0.05) is 29.2 Å². The van der Waals surface area contributed by atoms with Crippen LogP contribution in [0.4, 0.5) is 0 Å². The molecule has 1 aliphatic rings. The average Bonchev–Trinajstić information content (AvgIpc) is 2.41. The molecule has 0 saturated carbocycles. The Bertz CT molecular complexity index is 428. The second-order valence-electron chi connectivity index (χ2n) is 5.10. The van der Waals surface area contributed by atoms with Crippen LogP contribution in [0, 0.1) is 0 Å². The summed E-state index contributed by atoms with van der Waals surface area (Å²) in [6.45, 7) is 5.57. The molecule has 1 aliphatic heterocycles. The lowest BCUT2D eigenvalue weighted by Gasteiger charge is -2.32. The van der Waals surface area contributed by atoms with Gasteiger partial charge in [-0.25, -0.2) is 0 Å². The molecule has 0 atom stereocenters. The van der Waals surface area contributed by atoms with Crippen LogP contribution in [0.1, 0.15) is 36.5 Å². The van der Waals surface area contributed by atoms with E-state index in [9.17, 15) is 4.79 Å². The van der Waals surface area contributed by atoms with Crippen LogP contribution in [-0.4, -0.2) is 36.5 Å². The number of amides is 1. The average molecular weight is 325 g/mol. The summed E-state index contributed by atoms with van der Waals surface area (Å²) in [4.78, 5) is 14.6. The van der Waals surface area contributed by atoms with Crippen LogP contribution in [0.5, 0.6) is 0 Å². The van der Waals surface area contributed by atoms with Crippen LogP contribution in [-0.2, 0) is 0 Å². The summed E-state index contributed by atoms with van der Waals surface area (Å²) < 4.78 is 0.943. The first-order valence-electron chi connectivity index (χ1n) is 6.98. The van der Waals surface area contributed by atoms with Gasteiger partial charge in [0.05, 0.1) is 0 Å². The Morgan fingerprint density at radius 1 is 1.42 bits per heavy atom. The Morgan fingerprint density at radius 2 is 2.16 bits per heavy atom. The molecular weight excluding hydrogens is 304 g/mol. The summed E-state index contributed by atoms with van der Waals surface area (Å²) in [6.07, 6.45) is 3.31. The van der Waals surface area contributed by atoms with Crippen molar-refractivity contribution in [2.75, 3.05) is 19.6 Å². The third-order valence-corrected chi connectivity index (χ3v) is 4.04. The predicted molar refractivity (Wildman–Crippen MR) is 81.4 cm³/mol. The second-order valence-corrected chi connectivity index (χ2v) is 6.02. The van der Waals surface area contributed by atoms with Crippen molar-refractivity contribution >= 4 is 21.8 Å². The quantitative estimate of drug-likeness (QED) is 0.923. The van der Waals surface area contributed by atoms with Crippen LogP contribution in [0.3, 0.4) is 0 Å². The molecule has 0 aliphatic carbocycles. The summed E-state index contributed by atoms with van der Waals surface area (Å²) in [5, 5.41) is 3.14. The minimum atomic E-state index is 0.0373. The normalized spacial score (nSPS) is 17.4. The lowest BCUT2D eigenvalue weighted by Crippen LogP contribution is -2.44. The molecule has 0 aromatic heterocycles. The monoisotopic (exact) mass is 324 g/mol. The van der Waals surface area contributed by atoms with E-state index in [2.05, 4.69) is 33.1 Å². The Labute approximate surface area is 123 Å². The molecular formula is C15H21BrN2O. The highest BCUT2D eigenvalue weighted by atomic mass is 79.9. The third kappa shape index (κ3) is 4.32. The highest BCUT2D eigenvalue weighted by Gasteiger charge is 2.20. The summed E-state index contributed by atoms with van der Waals surface area (Å²) >= 11 is 3.39. The number of piperidine rings is 1. The molecule has 3 nitrogen and oxygen atoms in total. The standard InChI is InChI=1S/C15H21BrN2O/c1-2-8-18-9-6-14(7-10-18)17-15(19)12-4-3-5-13(16)11-12/h3-5,11,14H,2,6-10H2,1H3,(H,17,19). The van der Waals surface area contributed by atoms with Gasteiger partial charge >= 0.3 is 0 Å². The summed E-state index contributed by atoms with van der Waals surface area (Å²) in [5.74, 6) is 0.0373. The van der Waals surface area contributed by atoms with E-state index in [1.807, 2.05) is 24.3 Å². The van der Waals surface area contributed by atoms with Gasteiger partial charge < -0.3 is 10.2 Å². The molecule has 104 valence electrons. The Balaban J connectivity index is 1.84. The molecule has 1 N–H and O–H groups in total. The second kappa shape index (κ2) is 7.06. The van der Waals surface area contributed by atoms with Gasteiger partial charge in [0.2, 0.25) is 0 Å². The molecule has 2 rings (SSSR count). The Kier molecular flexibility index (Phi) is 5.40.